The van der Waals surface area contributed by atoms with Crippen molar-refractivity contribution in [2.24, 2.45) is 5.41 Å². The summed E-state index contributed by atoms with van der Waals surface area (Å²) in [5, 5.41) is 10.5. The van der Waals surface area contributed by atoms with Crippen molar-refractivity contribution in [1.82, 2.24) is 4.90 Å². The number of ether oxygens (including phenoxy) is 2. The fourth-order valence-electron chi connectivity index (χ4n) is 4.68. The molecule has 4 rings (SSSR count). The number of fused-ring (bicyclic) bond motifs is 2. The number of aromatic hydroxyl groups is 1. The van der Waals surface area contributed by atoms with E-state index in [9.17, 15) is 14.7 Å². The van der Waals surface area contributed by atoms with Gasteiger partial charge in [0.2, 0.25) is 0 Å². The molecule has 1 aliphatic carbocycles. The number of methoxy groups -OCH3 is 1. The van der Waals surface area contributed by atoms with Gasteiger partial charge in [-0.15, -0.1) is 0 Å². The Morgan fingerprint density at radius 2 is 2.00 bits per heavy atom. The van der Waals surface area contributed by atoms with Crippen LogP contribution in [0.2, 0.25) is 18.1 Å². The molecule has 1 saturated heterocycles. The molecule has 1 N–H and O–H groups in total. The Morgan fingerprint density at radius 3 is 2.56 bits per heavy atom. The van der Waals surface area contributed by atoms with Gasteiger partial charge in [0.25, 0.3) is 5.91 Å². The third-order valence-electron chi connectivity index (χ3n) is 7.88. The minimum absolute atomic E-state index is 0.0197. The van der Waals surface area contributed by atoms with E-state index in [2.05, 4.69) is 40.4 Å². The van der Waals surface area contributed by atoms with Gasteiger partial charge < -0.3 is 23.9 Å². The average molecular weight is 489 g/mol. The number of carbonyl (C=O) groups is 2. The molecule has 0 aromatic heterocycles. The summed E-state index contributed by atoms with van der Waals surface area (Å²) in [7, 11) is -0.958. The highest BCUT2D eigenvalue weighted by Crippen LogP contribution is 2.57. The fourth-order valence-corrected chi connectivity index (χ4v) is 5.90. The molecule has 9 heteroatoms. The number of phenolic OH excluding ortho intramolecular Hbond substituents is 1. The van der Waals surface area contributed by atoms with Crippen molar-refractivity contribution in [3.8, 4) is 11.5 Å². The number of benzene rings is 1. The first-order valence-electron chi connectivity index (χ1n) is 11.8. The van der Waals surface area contributed by atoms with E-state index in [0.717, 1.165) is 19.3 Å². The van der Waals surface area contributed by atoms with E-state index in [4.69, 9.17) is 13.9 Å². The second-order valence-corrected chi connectivity index (χ2v) is 16.0. The van der Waals surface area contributed by atoms with Gasteiger partial charge in [-0.3, -0.25) is 4.79 Å². The van der Waals surface area contributed by atoms with Crippen LogP contribution in [0.1, 0.15) is 50.4 Å². The van der Waals surface area contributed by atoms with Crippen LogP contribution in [0, 0.1) is 5.41 Å². The lowest BCUT2D eigenvalue weighted by Gasteiger charge is -2.44. The Hall–Kier alpha value is -2.52. The summed E-state index contributed by atoms with van der Waals surface area (Å²) in [5.74, 6) is -0.181. The Balaban J connectivity index is 1.91. The van der Waals surface area contributed by atoms with Gasteiger partial charge in [-0.05, 0) is 48.9 Å². The number of nitrogens with zero attached hydrogens (tertiary/aromatic N) is 2. The van der Waals surface area contributed by atoms with Gasteiger partial charge in [-0.1, -0.05) is 33.4 Å². The van der Waals surface area contributed by atoms with Gasteiger partial charge in [0, 0.05) is 12.6 Å². The van der Waals surface area contributed by atoms with E-state index in [1.165, 1.54) is 30.2 Å². The van der Waals surface area contributed by atoms with Crippen molar-refractivity contribution in [3.63, 3.8) is 0 Å². The molecular formula is C25H36N2O6Si. The molecule has 1 aromatic rings. The highest BCUT2D eigenvalue weighted by molar-refractivity contribution is 6.74. The van der Waals surface area contributed by atoms with Gasteiger partial charge in [0.1, 0.15) is 6.61 Å². The highest BCUT2D eigenvalue weighted by Gasteiger charge is 2.59. The molecule has 2 atom stereocenters. The monoisotopic (exact) mass is 488 g/mol. The largest absolute Gasteiger partial charge is 0.504 e. The van der Waals surface area contributed by atoms with Gasteiger partial charge in [0.15, 0.2) is 26.0 Å². The van der Waals surface area contributed by atoms with Crippen molar-refractivity contribution in [2.45, 2.75) is 70.4 Å². The summed E-state index contributed by atoms with van der Waals surface area (Å²) in [6, 6.07) is 2.59. The normalized spacial score (nSPS) is 23.3. The minimum atomic E-state index is -2.39. The van der Waals surface area contributed by atoms with Crippen molar-refractivity contribution in [1.29, 1.82) is 0 Å². The fraction of sp³-hybridized carbons (Fsp3) is 0.600. The molecule has 1 aromatic carbocycles. The van der Waals surface area contributed by atoms with Crippen LogP contribution >= 0.6 is 0 Å². The summed E-state index contributed by atoms with van der Waals surface area (Å²) in [6.07, 6.45) is 3.01. The number of hydrogen-bond acceptors (Lipinski definition) is 6. The Bertz CT molecular complexity index is 1010. The maximum atomic E-state index is 13.9. The molecule has 0 radical (unpaired) electrons. The zero-order valence-electron chi connectivity index (χ0n) is 21.0. The van der Waals surface area contributed by atoms with Gasteiger partial charge in [-0.2, -0.15) is 0 Å². The first-order chi connectivity index (χ1) is 15.8. The first-order valence-corrected chi connectivity index (χ1v) is 14.7. The third kappa shape index (κ3) is 4.09. The van der Waals surface area contributed by atoms with Crippen LogP contribution in [0.25, 0.3) is 0 Å². The topological polar surface area (TPSA) is 88.5 Å². The predicted molar refractivity (Wildman–Crippen MR) is 132 cm³/mol. The molecule has 8 nitrogen and oxygen atoms in total. The molecule has 2 heterocycles. The second kappa shape index (κ2) is 8.30. The summed E-state index contributed by atoms with van der Waals surface area (Å²) in [5.41, 5.74) is 0.638. The van der Waals surface area contributed by atoms with Gasteiger partial charge >= 0.3 is 6.09 Å². The molecular weight excluding hydrogens is 452 g/mol. The molecule has 2 aliphatic heterocycles. The molecule has 34 heavy (non-hydrogen) atoms. The van der Waals surface area contributed by atoms with Crippen LogP contribution in [-0.2, 0) is 9.16 Å². The number of anilines is 1. The summed E-state index contributed by atoms with van der Waals surface area (Å²) >= 11 is 0. The molecule has 1 saturated carbocycles. The van der Waals surface area contributed by atoms with E-state index >= 15 is 0 Å². The van der Waals surface area contributed by atoms with Crippen molar-refractivity contribution in [3.05, 3.63) is 30.4 Å². The molecule has 186 valence electrons. The molecule has 1 spiro atoms. The Kier molecular flexibility index (Phi) is 6.01. The summed E-state index contributed by atoms with van der Waals surface area (Å²) < 4.78 is 17.7. The van der Waals surface area contributed by atoms with Crippen LogP contribution in [0.15, 0.2) is 24.8 Å². The smallest absolute Gasteiger partial charge is 0.416 e. The van der Waals surface area contributed by atoms with Gasteiger partial charge in [-0.25, -0.2) is 9.69 Å². The SMILES string of the molecule is C=CCOC(=O)N1c2cc(O)c(OC)cc2C(=O)N2CC3(CC3)C[C@H]2C1O[Si](C)(C)C(C)(C)C. The maximum absolute atomic E-state index is 13.9. The molecule has 2 amide bonds. The molecule has 3 aliphatic rings. The predicted octanol–water partition coefficient (Wildman–Crippen LogP) is 4.89. The van der Waals surface area contributed by atoms with E-state index in [-0.39, 0.29) is 51.8 Å². The van der Waals surface area contributed by atoms with Crippen LogP contribution in [0.3, 0.4) is 0 Å². The average Bonchev–Trinajstić information content (AvgIpc) is 3.41. The number of phenols is 1. The van der Waals surface area contributed by atoms with E-state index in [1.54, 1.807) is 0 Å². The minimum Gasteiger partial charge on any atom is -0.504 e. The van der Waals surface area contributed by atoms with E-state index in [1.807, 2.05) is 4.90 Å². The van der Waals surface area contributed by atoms with Crippen LogP contribution in [0.5, 0.6) is 11.5 Å². The van der Waals surface area contributed by atoms with Crippen LogP contribution in [0.4, 0.5) is 10.5 Å². The number of amides is 2. The molecule has 2 fully saturated rings. The lowest BCUT2D eigenvalue weighted by Crippen LogP contribution is -2.58. The van der Waals surface area contributed by atoms with E-state index in [0.29, 0.717) is 6.54 Å². The van der Waals surface area contributed by atoms with E-state index < -0.39 is 20.6 Å². The Morgan fingerprint density at radius 1 is 1.32 bits per heavy atom. The van der Waals surface area contributed by atoms with Crippen LogP contribution in [-0.4, -0.2) is 62.9 Å². The third-order valence-corrected chi connectivity index (χ3v) is 12.3. The summed E-state index contributed by atoms with van der Waals surface area (Å²) in [4.78, 5) is 30.7. The Labute approximate surface area is 202 Å². The number of carbonyl (C=O) groups excluding carboxylic acids is 2. The maximum Gasteiger partial charge on any atom is 0.416 e. The molecule has 1 unspecified atom stereocenters. The highest BCUT2D eigenvalue weighted by atomic mass is 28.4. The second-order valence-electron chi connectivity index (χ2n) is 11.3. The first kappa shape index (κ1) is 24.6. The standard InChI is InChI=1S/C25H36N2O6Si/c1-8-11-32-23(30)27-17-13-19(28)20(31-5)12-16(17)21(29)26-15-25(9-10-25)14-18(26)22(27)33-34(6,7)24(2,3)4/h8,12-13,18,22,28H,1,9-11,14-15H2,2-7H3/t18-,22?/m0/s1. The quantitative estimate of drug-likeness (QED) is 0.469. The zero-order valence-corrected chi connectivity index (χ0v) is 22.0. The van der Waals surface area contributed by atoms with Crippen molar-refractivity contribution >= 4 is 26.0 Å². The van der Waals surface area contributed by atoms with Gasteiger partial charge in [0.05, 0.1) is 24.4 Å². The lowest BCUT2D eigenvalue weighted by molar-refractivity contribution is 0.0528. The zero-order chi connectivity index (χ0) is 25.1. The number of rotatable bonds is 5. The van der Waals surface area contributed by atoms with Crippen LogP contribution < -0.4 is 9.64 Å². The number of hydrogen-bond donors (Lipinski definition) is 1. The lowest BCUT2D eigenvalue weighted by atomic mass is 10.0. The molecule has 0 bridgehead atoms. The van der Waals surface area contributed by atoms with Crippen molar-refractivity contribution in [2.75, 3.05) is 25.2 Å². The van der Waals surface area contributed by atoms with Crippen molar-refractivity contribution < 1.29 is 28.6 Å². The summed E-state index contributed by atoms with van der Waals surface area (Å²) in [6.45, 7) is 15.0.